The molecular formula is C10H14ClNO2. The van der Waals surface area contributed by atoms with Crippen molar-refractivity contribution in [3.63, 3.8) is 0 Å². The van der Waals surface area contributed by atoms with Crippen LogP contribution in [-0.4, -0.2) is 17.6 Å². The maximum atomic E-state index is 11.0. The Morgan fingerprint density at radius 1 is 1.43 bits per heavy atom. The Morgan fingerprint density at radius 3 is 2.29 bits per heavy atom. The van der Waals surface area contributed by atoms with Gasteiger partial charge in [-0.15, -0.1) is 12.4 Å². The van der Waals surface area contributed by atoms with Gasteiger partial charge < -0.3 is 10.8 Å². The van der Waals surface area contributed by atoms with Crippen molar-refractivity contribution in [3.8, 4) is 0 Å². The second-order valence-corrected chi connectivity index (χ2v) is 3.21. The average Bonchev–Trinajstić information content (AvgIpc) is 2.17. The Balaban J connectivity index is 0.00000169. The molecule has 1 aromatic carbocycles. The summed E-state index contributed by atoms with van der Waals surface area (Å²) in [5, 5.41) is 9.01. The van der Waals surface area contributed by atoms with Gasteiger partial charge in [-0.05, 0) is 12.5 Å². The molecule has 0 saturated heterocycles. The summed E-state index contributed by atoms with van der Waals surface area (Å²) in [6.07, 6.45) is 0. The third-order valence-electron chi connectivity index (χ3n) is 2.29. The molecule has 0 aromatic heterocycles. The van der Waals surface area contributed by atoms with E-state index < -0.39 is 11.4 Å². The van der Waals surface area contributed by atoms with Crippen LogP contribution in [-0.2, 0) is 10.2 Å². The average molecular weight is 216 g/mol. The zero-order chi connectivity index (χ0) is 9.90. The molecular weight excluding hydrogens is 202 g/mol. The van der Waals surface area contributed by atoms with Crippen LogP contribution < -0.4 is 5.73 Å². The number of halogens is 1. The van der Waals surface area contributed by atoms with Gasteiger partial charge in [0.25, 0.3) is 0 Å². The van der Waals surface area contributed by atoms with Crippen molar-refractivity contribution in [2.45, 2.75) is 12.3 Å². The number of benzene rings is 1. The van der Waals surface area contributed by atoms with Crippen molar-refractivity contribution in [1.29, 1.82) is 0 Å². The quantitative estimate of drug-likeness (QED) is 0.802. The molecule has 0 fully saturated rings. The third kappa shape index (κ3) is 2.25. The summed E-state index contributed by atoms with van der Waals surface area (Å²) in [7, 11) is 0. The van der Waals surface area contributed by atoms with Crippen LogP contribution in [0.1, 0.15) is 12.5 Å². The maximum Gasteiger partial charge on any atom is 0.315 e. The summed E-state index contributed by atoms with van der Waals surface area (Å²) >= 11 is 0. The molecule has 78 valence electrons. The van der Waals surface area contributed by atoms with Gasteiger partial charge >= 0.3 is 5.97 Å². The second-order valence-electron chi connectivity index (χ2n) is 3.21. The minimum absolute atomic E-state index is 0. The molecule has 1 unspecified atom stereocenters. The highest BCUT2D eigenvalue weighted by molar-refractivity contribution is 5.85. The van der Waals surface area contributed by atoms with Crippen molar-refractivity contribution in [3.05, 3.63) is 35.9 Å². The van der Waals surface area contributed by atoms with Crippen LogP contribution >= 0.6 is 12.4 Å². The highest BCUT2D eigenvalue weighted by Gasteiger charge is 2.33. The minimum Gasteiger partial charge on any atom is -0.481 e. The molecule has 0 spiro atoms. The van der Waals surface area contributed by atoms with E-state index >= 15 is 0 Å². The number of hydrogen-bond acceptors (Lipinski definition) is 2. The Labute approximate surface area is 89.3 Å². The molecule has 0 heterocycles. The molecule has 1 rings (SSSR count). The van der Waals surface area contributed by atoms with Crippen LogP contribution in [0.4, 0.5) is 0 Å². The number of rotatable bonds is 3. The van der Waals surface area contributed by atoms with Crippen molar-refractivity contribution < 1.29 is 9.90 Å². The first-order valence-corrected chi connectivity index (χ1v) is 4.10. The first-order chi connectivity index (χ1) is 6.11. The Hall–Kier alpha value is -1.06. The molecule has 1 atom stereocenters. The van der Waals surface area contributed by atoms with Gasteiger partial charge in [-0.3, -0.25) is 4.79 Å². The van der Waals surface area contributed by atoms with E-state index in [1.807, 2.05) is 18.2 Å². The Kier molecular flexibility index (Phi) is 4.60. The monoisotopic (exact) mass is 215 g/mol. The number of hydrogen-bond donors (Lipinski definition) is 2. The van der Waals surface area contributed by atoms with Gasteiger partial charge in [-0.25, -0.2) is 0 Å². The van der Waals surface area contributed by atoms with Gasteiger partial charge in [0.1, 0.15) is 5.41 Å². The van der Waals surface area contributed by atoms with Crippen LogP contribution in [0.15, 0.2) is 30.3 Å². The van der Waals surface area contributed by atoms with Crippen LogP contribution in [0.5, 0.6) is 0 Å². The second kappa shape index (κ2) is 4.98. The molecule has 0 aliphatic heterocycles. The molecule has 3 nitrogen and oxygen atoms in total. The molecule has 0 aliphatic carbocycles. The largest absolute Gasteiger partial charge is 0.481 e. The van der Waals surface area contributed by atoms with E-state index in [1.165, 1.54) is 0 Å². The van der Waals surface area contributed by atoms with E-state index in [-0.39, 0.29) is 19.0 Å². The van der Waals surface area contributed by atoms with Crippen LogP contribution in [0.25, 0.3) is 0 Å². The van der Waals surface area contributed by atoms with Crippen molar-refractivity contribution in [2.75, 3.05) is 6.54 Å². The van der Waals surface area contributed by atoms with E-state index in [4.69, 9.17) is 10.8 Å². The lowest BCUT2D eigenvalue weighted by Gasteiger charge is -2.22. The van der Waals surface area contributed by atoms with Gasteiger partial charge in [0.2, 0.25) is 0 Å². The molecule has 0 radical (unpaired) electrons. The molecule has 0 aliphatic rings. The normalized spacial score (nSPS) is 13.9. The number of aliphatic carboxylic acids is 1. The van der Waals surface area contributed by atoms with Crippen LogP contribution in [0, 0.1) is 0 Å². The molecule has 0 bridgehead atoms. The number of carbonyl (C=O) groups is 1. The molecule has 1 aromatic rings. The standard InChI is InChI=1S/C10H13NO2.ClH/c1-10(7-11,9(12)13)8-5-3-2-4-6-8;/h2-6H,7,11H2,1H3,(H,12,13);1H. The fourth-order valence-electron chi connectivity index (χ4n) is 1.13. The summed E-state index contributed by atoms with van der Waals surface area (Å²) < 4.78 is 0. The lowest BCUT2D eigenvalue weighted by atomic mass is 9.83. The smallest absolute Gasteiger partial charge is 0.315 e. The lowest BCUT2D eigenvalue weighted by molar-refractivity contribution is -0.142. The number of carboxylic acids is 1. The zero-order valence-electron chi connectivity index (χ0n) is 7.93. The summed E-state index contributed by atoms with van der Waals surface area (Å²) in [6, 6.07) is 9.03. The van der Waals surface area contributed by atoms with Gasteiger partial charge in [0, 0.05) is 6.54 Å². The fraction of sp³-hybridized carbons (Fsp3) is 0.300. The number of carboxylic acid groups (broad SMARTS) is 1. The molecule has 0 saturated carbocycles. The van der Waals surface area contributed by atoms with E-state index in [1.54, 1.807) is 19.1 Å². The van der Waals surface area contributed by atoms with E-state index in [0.29, 0.717) is 0 Å². The summed E-state index contributed by atoms with van der Waals surface area (Å²) in [4.78, 5) is 11.0. The SMILES string of the molecule is CC(CN)(C(=O)O)c1ccccc1.Cl. The highest BCUT2D eigenvalue weighted by Crippen LogP contribution is 2.22. The fourth-order valence-corrected chi connectivity index (χ4v) is 1.13. The molecule has 4 heteroatoms. The van der Waals surface area contributed by atoms with E-state index in [9.17, 15) is 4.79 Å². The predicted octanol–water partition coefficient (Wildman–Crippen LogP) is 1.41. The lowest BCUT2D eigenvalue weighted by Crippen LogP contribution is -2.39. The third-order valence-corrected chi connectivity index (χ3v) is 2.29. The Bertz CT molecular complexity index is 302. The predicted molar refractivity (Wildman–Crippen MR) is 57.7 cm³/mol. The highest BCUT2D eigenvalue weighted by atomic mass is 35.5. The summed E-state index contributed by atoms with van der Waals surface area (Å²) in [5.41, 5.74) is 5.23. The minimum atomic E-state index is -0.971. The summed E-state index contributed by atoms with van der Waals surface area (Å²) in [6.45, 7) is 1.73. The molecule has 0 amide bonds. The Morgan fingerprint density at radius 2 is 1.93 bits per heavy atom. The topological polar surface area (TPSA) is 63.3 Å². The van der Waals surface area contributed by atoms with Gasteiger partial charge in [0.05, 0.1) is 0 Å². The van der Waals surface area contributed by atoms with Crippen molar-refractivity contribution >= 4 is 18.4 Å². The van der Waals surface area contributed by atoms with E-state index in [0.717, 1.165) is 5.56 Å². The van der Waals surface area contributed by atoms with Crippen LogP contribution in [0.3, 0.4) is 0 Å². The first-order valence-electron chi connectivity index (χ1n) is 4.10. The number of nitrogens with two attached hydrogens (primary N) is 1. The zero-order valence-corrected chi connectivity index (χ0v) is 8.75. The van der Waals surface area contributed by atoms with Crippen molar-refractivity contribution in [2.24, 2.45) is 5.73 Å². The van der Waals surface area contributed by atoms with Crippen molar-refractivity contribution in [1.82, 2.24) is 0 Å². The van der Waals surface area contributed by atoms with Crippen LogP contribution in [0.2, 0.25) is 0 Å². The maximum absolute atomic E-state index is 11.0. The van der Waals surface area contributed by atoms with Gasteiger partial charge in [-0.1, -0.05) is 30.3 Å². The molecule has 14 heavy (non-hydrogen) atoms. The van der Waals surface area contributed by atoms with Gasteiger partial charge in [-0.2, -0.15) is 0 Å². The first kappa shape index (κ1) is 12.9. The van der Waals surface area contributed by atoms with E-state index in [2.05, 4.69) is 0 Å². The molecule has 3 N–H and O–H groups in total. The van der Waals surface area contributed by atoms with Gasteiger partial charge in [0.15, 0.2) is 0 Å². The summed E-state index contributed by atoms with van der Waals surface area (Å²) in [5.74, 6) is -0.888.